The van der Waals surface area contributed by atoms with Gasteiger partial charge in [-0.15, -0.1) is 22.7 Å². The number of hydrogen-bond donors (Lipinski definition) is 1. The molecule has 2 aromatic heterocycles. The van der Waals surface area contributed by atoms with Crippen molar-refractivity contribution in [2.45, 2.75) is 53.0 Å². The van der Waals surface area contributed by atoms with Gasteiger partial charge in [0.2, 0.25) is 0 Å². The Bertz CT molecular complexity index is 542. The Balaban J connectivity index is 2.16. The van der Waals surface area contributed by atoms with Crippen LogP contribution in [0, 0.1) is 13.8 Å². The van der Waals surface area contributed by atoms with Gasteiger partial charge in [0, 0.05) is 27.1 Å². The second-order valence-corrected chi connectivity index (χ2v) is 7.60. The molecule has 2 nitrogen and oxygen atoms in total. The highest BCUT2D eigenvalue weighted by atomic mass is 32.1. The minimum atomic E-state index is 0.407. The van der Waals surface area contributed by atoms with E-state index >= 15 is 0 Å². The first-order valence-corrected chi connectivity index (χ1v) is 9.02. The van der Waals surface area contributed by atoms with E-state index in [4.69, 9.17) is 0 Å². The molecule has 0 bridgehead atoms. The summed E-state index contributed by atoms with van der Waals surface area (Å²) >= 11 is 3.78. The van der Waals surface area contributed by atoms with Gasteiger partial charge in [-0.05, 0) is 45.4 Å². The van der Waals surface area contributed by atoms with Crippen molar-refractivity contribution in [3.63, 3.8) is 0 Å². The SMILES string of the molecule is CCCNC(Cc1ccc(CC)s1)c1sc(C)nc1C. The molecule has 110 valence electrons. The molecule has 2 rings (SSSR count). The Labute approximate surface area is 130 Å². The van der Waals surface area contributed by atoms with Crippen molar-refractivity contribution in [2.24, 2.45) is 0 Å². The molecule has 0 saturated heterocycles. The second kappa shape index (κ2) is 7.34. The van der Waals surface area contributed by atoms with Gasteiger partial charge in [0.1, 0.15) is 0 Å². The number of aryl methyl sites for hydroxylation is 3. The van der Waals surface area contributed by atoms with Crippen LogP contribution in [-0.2, 0) is 12.8 Å². The Morgan fingerprint density at radius 1 is 1.15 bits per heavy atom. The average molecular weight is 309 g/mol. The summed E-state index contributed by atoms with van der Waals surface area (Å²) in [7, 11) is 0. The topological polar surface area (TPSA) is 24.9 Å². The summed E-state index contributed by atoms with van der Waals surface area (Å²) in [5.41, 5.74) is 1.19. The van der Waals surface area contributed by atoms with Crippen molar-refractivity contribution in [2.75, 3.05) is 6.54 Å². The number of aromatic nitrogens is 1. The first-order valence-electron chi connectivity index (χ1n) is 7.38. The molecular formula is C16H24N2S2. The van der Waals surface area contributed by atoms with E-state index in [0.29, 0.717) is 6.04 Å². The van der Waals surface area contributed by atoms with E-state index in [0.717, 1.165) is 25.8 Å². The summed E-state index contributed by atoms with van der Waals surface area (Å²) in [6.45, 7) is 9.73. The quantitative estimate of drug-likeness (QED) is 0.804. The highest BCUT2D eigenvalue weighted by molar-refractivity contribution is 7.12. The number of thiazole rings is 1. The molecule has 1 unspecified atom stereocenters. The summed E-state index contributed by atoms with van der Waals surface area (Å²) in [6.07, 6.45) is 3.38. The predicted molar refractivity (Wildman–Crippen MR) is 90.0 cm³/mol. The van der Waals surface area contributed by atoms with E-state index in [9.17, 15) is 0 Å². The zero-order chi connectivity index (χ0) is 14.5. The lowest BCUT2D eigenvalue weighted by molar-refractivity contribution is 0.537. The van der Waals surface area contributed by atoms with E-state index in [1.165, 1.54) is 25.3 Å². The molecule has 2 heterocycles. The molecule has 20 heavy (non-hydrogen) atoms. The largest absolute Gasteiger partial charge is 0.309 e. The number of nitrogens with one attached hydrogen (secondary N) is 1. The Hall–Kier alpha value is -0.710. The Morgan fingerprint density at radius 2 is 1.90 bits per heavy atom. The molecule has 1 N–H and O–H groups in total. The molecule has 2 aromatic rings. The van der Waals surface area contributed by atoms with Gasteiger partial charge in [-0.2, -0.15) is 0 Å². The van der Waals surface area contributed by atoms with Crippen LogP contribution in [0.4, 0.5) is 0 Å². The number of hydrogen-bond acceptors (Lipinski definition) is 4. The molecule has 0 radical (unpaired) electrons. The minimum Gasteiger partial charge on any atom is -0.309 e. The van der Waals surface area contributed by atoms with Crippen molar-refractivity contribution in [3.8, 4) is 0 Å². The Morgan fingerprint density at radius 3 is 2.45 bits per heavy atom. The number of nitrogens with zero attached hydrogens (tertiary/aromatic N) is 1. The van der Waals surface area contributed by atoms with E-state index in [2.05, 4.69) is 50.1 Å². The second-order valence-electron chi connectivity index (χ2n) is 5.11. The van der Waals surface area contributed by atoms with Crippen molar-refractivity contribution >= 4 is 22.7 Å². The molecule has 4 heteroatoms. The van der Waals surface area contributed by atoms with Crippen LogP contribution in [0.1, 0.15) is 51.6 Å². The third-order valence-corrected chi connectivity index (χ3v) is 5.81. The molecule has 0 fully saturated rings. The maximum atomic E-state index is 4.58. The summed E-state index contributed by atoms with van der Waals surface area (Å²) in [5.74, 6) is 0. The van der Waals surface area contributed by atoms with Gasteiger partial charge in [-0.3, -0.25) is 0 Å². The predicted octanol–water partition coefficient (Wildman–Crippen LogP) is 4.67. The van der Waals surface area contributed by atoms with Crippen molar-refractivity contribution in [1.29, 1.82) is 0 Å². The molecule has 0 amide bonds. The van der Waals surface area contributed by atoms with Crippen molar-refractivity contribution in [1.82, 2.24) is 10.3 Å². The Kier molecular flexibility index (Phi) is 5.75. The normalized spacial score (nSPS) is 12.8. The minimum absolute atomic E-state index is 0.407. The van der Waals surface area contributed by atoms with Crippen LogP contribution in [0.15, 0.2) is 12.1 Å². The van der Waals surface area contributed by atoms with Crippen LogP contribution in [0.3, 0.4) is 0 Å². The molecule has 0 aromatic carbocycles. The maximum absolute atomic E-state index is 4.58. The van der Waals surface area contributed by atoms with Crippen LogP contribution < -0.4 is 5.32 Å². The number of thiophene rings is 1. The van der Waals surface area contributed by atoms with E-state index in [-0.39, 0.29) is 0 Å². The molecule has 0 spiro atoms. The number of rotatable bonds is 7. The van der Waals surface area contributed by atoms with Crippen LogP contribution in [0.2, 0.25) is 0 Å². The smallest absolute Gasteiger partial charge is 0.0900 e. The van der Waals surface area contributed by atoms with E-state index in [1.807, 2.05) is 22.7 Å². The highest BCUT2D eigenvalue weighted by Gasteiger charge is 2.18. The van der Waals surface area contributed by atoms with Crippen LogP contribution in [0.5, 0.6) is 0 Å². The summed E-state index contributed by atoms with van der Waals surface area (Å²) in [6, 6.07) is 4.96. The summed E-state index contributed by atoms with van der Waals surface area (Å²) in [5, 5.41) is 4.86. The van der Waals surface area contributed by atoms with E-state index < -0.39 is 0 Å². The monoisotopic (exact) mass is 308 g/mol. The lowest BCUT2D eigenvalue weighted by Crippen LogP contribution is -2.23. The van der Waals surface area contributed by atoms with Crippen molar-refractivity contribution in [3.05, 3.63) is 37.5 Å². The summed E-state index contributed by atoms with van der Waals surface area (Å²) in [4.78, 5) is 8.94. The van der Waals surface area contributed by atoms with Gasteiger partial charge in [-0.1, -0.05) is 13.8 Å². The van der Waals surface area contributed by atoms with E-state index in [1.54, 1.807) is 0 Å². The van der Waals surface area contributed by atoms with Gasteiger partial charge < -0.3 is 5.32 Å². The fraction of sp³-hybridized carbons (Fsp3) is 0.562. The first kappa shape index (κ1) is 15.7. The molecule has 0 saturated carbocycles. The fourth-order valence-corrected chi connectivity index (χ4v) is 4.38. The lowest BCUT2D eigenvalue weighted by atomic mass is 10.1. The van der Waals surface area contributed by atoms with Gasteiger partial charge in [0.25, 0.3) is 0 Å². The molecule has 1 atom stereocenters. The van der Waals surface area contributed by atoms with Crippen LogP contribution in [-0.4, -0.2) is 11.5 Å². The zero-order valence-corrected chi connectivity index (χ0v) is 14.5. The average Bonchev–Trinajstić information content (AvgIpc) is 3.01. The van der Waals surface area contributed by atoms with Crippen molar-refractivity contribution < 1.29 is 0 Å². The highest BCUT2D eigenvalue weighted by Crippen LogP contribution is 2.29. The fourth-order valence-electron chi connectivity index (χ4n) is 2.37. The van der Waals surface area contributed by atoms with Gasteiger partial charge >= 0.3 is 0 Å². The standard InChI is InChI=1S/C16H24N2S2/c1-5-9-17-15(16-11(3)18-12(4)19-16)10-14-8-7-13(6-2)20-14/h7-8,15,17H,5-6,9-10H2,1-4H3. The molecule has 0 aliphatic carbocycles. The molecule has 0 aliphatic heterocycles. The lowest BCUT2D eigenvalue weighted by Gasteiger charge is -2.17. The third-order valence-electron chi connectivity index (χ3n) is 3.37. The van der Waals surface area contributed by atoms with Crippen LogP contribution >= 0.6 is 22.7 Å². The van der Waals surface area contributed by atoms with Crippen LogP contribution in [0.25, 0.3) is 0 Å². The van der Waals surface area contributed by atoms with Gasteiger partial charge in [0.15, 0.2) is 0 Å². The maximum Gasteiger partial charge on any atom is 0.0900 e. The summed E-state index contributed by atoms with van der Waals surface area (Å²) < 4.78 is 0. The first-order chi connectivity index (χ1) is 9.63. The van der Waals surface area contributed by atoms with Gasteiger partial charge in [0.05, 0.1) is 10.7 Å². The molecule has 0 aliphatic rings. The zero-order valence-electron chi connectivity index (χ0n) is 12.8. The molecular weight excluding hydrogens is 284 g/mol. The third kappa shape index (κ3) is 3.90. The van der Waals surface area contributed by atoms with Gasteiger partial charge in [-0.25, -0.2) is 4.98 Å².